The van der Waals surface area contributed by atoms with E-state index in [2.05, 4.69) is 17.2 Å². The van der Waals surface area contributed by atoms with Crippen LogP contribution in [-0.2, 0) is 13.0 Å². The lowest BCUT2D eigenvalue weighted by Gasteiger charge is -2.06. The van der Waals surface area contributed by atoms with Crippen molar-refractivity contribution in [2.45, 2.75) is 13.0 Å². The van der Waals surface area contributed by atoms with Crippen molar-refractivity contribution in [2.24, 2.45) is 0 Å². The van der Waals surface area contributed by atoms with E-state index in [1.165, 1.54) is 5.56 Å². The average Bonchev–Trinajstić information content (AvgIpc) is 3.14. The Kier molecular flexibility index (Phi) is 4.27. The molecule has 26 heavy (non-hydrogen) atoms. The maximum Gasteiger partial charge on any atom is 0.276 e. The third-order valence-electron chi connectivity index (χ3n) is 4.45. The molecule has 2 heterocycles. The third-order valence-corrected chi connectivity index (χ3v) is 4.45. The Balaban J connectivity index is 1.66. The Labute approximate surface area is 151 Å². The molecule has 0 atom stereocenters. The normalized spacial score (nSPS) is 11.0. The summed E-state index contributed by atoms with van der Waals surface area (Å²) in [5.74, 6) is 0.764. The Hall–Kier alpha value is -3.34. The molecule has 0 aliphatic heterocycles. The van der Waals surface area contributed by atoms with Crippen molar-refractivity contribution >= 4 is 5.52 Å². The van der Waals surface area contributed by atoms with Crippen molar-refractivity contribution in [3.63, 3.8) is 0 Å². The van der Waals surface area contributed by atoms with E-state index in [9.17, 15) is 4.79 Å². The van der Waals surface area contributed by atoms with Crippen LogP contribution >= 0.6 is 0 Å². The molecule has 4 aromatic rings. The van der Waals surface area contributed by atoms with Crippen LogP contribution in [-0.4, -0.2) is 21.3 Å². The molecular weight excluding hydrogens is 326 g/mol. The van der Waals surface area contributed by atoms with Crippen LogP contribution in [0.15, 0.2) is 77.9 Å². The van der Waals surface area contributed by atoms with E-state index in [1.54, 1.807) is 22.4 Å². The van der Waals surface area contributed by atoms with Crippen LogP contribution in [0.3, 0.4) is 0 Å². The Morgan fingerprint density at radius 3 is 2.65 bits per heavy atom. The number of fused-ring (bicyclic) bond motifs is 1. The van der Waals surface area contributed by atoms with Gasteiger partial charge in [-0.15, -0.1) is 0 Å². The van der Waals surface area contributed by atoms with Crippen LogP contribution in [0.5, 0.6) is 5.75 Å². The lowest BCUT2D eigenvalue weighted by molar-refractivity contribution is 0.415. The summed E-state index contributed by atoms with van der Waals surface area (Å²) in [5.41, 5.74) is 3.42. The molecule has 2 aromatic carbocycles. The molecule has 5 nitrogen and oxygen atoms in total. The van der Waals surface area contributed by atoms with Gasteiger partial charge in [0.05, 0.1) is 12.8 Å². The fraction of sp³-hybridized carbons (Fsp3) is 0.143. The number of nitrogens with zero attached hydrogens (tertiary/aromatic N) is 3. The second-order valence-corrected chi connectivity index (χ2v) is 6.12. The van der Waals surface area contributed by atoms with E-state index >= 15 is 0 Å². The molecule has 0 aliphatic rings. The molecule has 130 valence electrons. The number of aryl methyl sites for hydroxylation is 2. The molecule has 4 rings (SSSR count). The second-order valence-electron chi connectivity index (χ2n) is 6.12. The van der Waals surface area contributed by atoms with Gasteiger partial charge in [-0.3, -0.25) is 4.79 Å². The van der Waals surface area contributed by atoms with Gasteiger partial charge in [-0.1, -0.05) is 42.5 Å². The first-order chi connectivity index (χ1) is 12.7. The summed E-state index contributed by atoms with van der Waals surface area (Å²) in [7, 11) is 1.63. The number of aromatic nitrogens is 3. The standard InChI is InChI=1S/C21H19N3O2/c1-26-18-9-5-8-17(14-18)19-15-20-21(25)23(12-13-24(20)22-19)11-10-16-6-3-2-4-7-16/h2-9,12-15H,10-11H2,1H3. The van der Waals surface area contributed by atoms with Gasteiger partial charge in [0.25, 0.3) is 5.56 Å². The average molecular weight is 345 g/mol. The van der Waals surface area contributed by atoms with Gasteiger partial charge in [-0.05, 0) is 30.2 Å². The quantitative estimate of drug-likeness (QED) is 0.557. The highest BCUT2D eigenvalue weighted by molar-refractivity contribution is 5.66. The SMILES string of the molecule is COc1cccc(-c2cc3c(=O)n(CCc4ccccc4)ccn3n2)c1. The van der Waals surface area contributed by atoms with Gasteiger partial charge >= 0.3 is 0 Å². The third kappa shape index (κ3) is 3.11. The number of ether oxygens (including phenoxy) is 1. The van der Waals surface area contributed by atoms with Crippen molar-refractivity contribution in [3.05, 3.63) is 89.0 Å². The van der Waals surface area contributed by atoms with Crippen LogP contribution in [0.25, 0.3) is 16.8 Å². The van der Waals surface area contributed by atoms with Crippen LogP contribution < -0.4 is 10.3 Å². The van der Waals surface area contributed by atoms with Gasteiger partial charge in [-0.25, -0.2) is 4.52 Å². The van der Waals surface area contributed by atoms with Gasteiger partial charge in [0.2, 0.25) is 0 Å². The predicted molar refractivity (Wildman–Crippen MR) is 102 cm³/mol. The first kappa shape index (κ1) is 16.1. The molecule has 0 aliphatic carbocycles. The summed E-state index contributed by atoms with van der Waals surface area (Å²) in [6.45, 7) is 0.638. The first-order valence-corrected chi connectivity index (χ1v) is 8.52. The molecule has 0 radical (unpaired) electrons. The fourth-order valence-electron chi connectivity index (χ4n) is 3.02. The smallest absolute Gasteiger partial charge is 0.276 e. The summed E-state index contributed by atoms with van der Waals surface area (Å²) < 4.78 is 8.64. The molecule has 0 spiro atoms. The Bertz CT molecular complexity index is 1100. The molecule has 5 heteroatoms. The van der Waals surface area contributed by atoms with Crippen LogP contribution in [0.1, 0.15) is 5.56 Å². The highest BCUT2D eigenvalue weighted by Crippen LogP contribution is 2.23. The molecule has 0 saturated carbocycles. The second kappa shape index (κ2) is 6.88. The maximum absolute atomic E-state index is 12.8. The molecular formula is C21H19N3O2. The summed E-state index contributed by atoms with van der Waals surface area (Å²) >= 11 is 0. The number of methoxy groups -OCH3 is 1. The molecule has 0 fully saturated rings. The molecule has 2 aromatic heterocycles. The zero-order valence-electron chi connectivity index (χ0n) is 14.5. The van der Waals surface area contributed by atoms with Crippen molar-refractivity contribution in [3.8, 4) is 17.0 Å². The fourth-order valence-corrected chi connectivity index (χ4v) is 3.02. The number of hydrogen-bond acceptors (Lipinski definition) is 3. The van der Waals surface area contributed by atoms with Gasteiger partial charge in [0.15, 0.2) is 0 Å². The Morgan fingerprint density at radius 1 is 1.00 bits per heavy atom. The molecule has 0 amide bonds. The van der Waals surface area contributed by atoms with E-state index < -0.39 is 0 Å². The van der Waals surface area contributed by atoms with Crippen LogP contribution in [0, 0.1) is 0 Å². The van der Waals surface area contributed by atoms with Crippen LogP contribution in [0.2, 0.25) is 0 Å². The van der Waals surface area contributed by atoms with Gasteiger partial charge < -0.3 is 9.30 Å². The first-order valence-electron chi connectivity index (χ1n) is 8.52. The summed E-state index contributed by atoms with van der Waals surface area (Å²) in [4.78, 5) is 12.8. The maximum atomic E-state index is 12.8. The number of benzene rings is 2. The summed E-state index contributed by atoms with van der Waals surface area (Å²) in [6.07, 6.45) is 4.43. The number of hydrogen-bond donors (Lipinski definition) is 0. The van der Waals surface area contributed by atoms with E-state index in [-0.39, 0.29) is 5.56 Å². The zero-order chi connectivity index (χ0) is 17.9. The largest absolute Gasteiger partial charge is 0.497 e. The van der Waals surface area contributed by atoms with Gasteiger partial charge in [0, 0.05) is 24.5 Å². The molecule has 0 saturated heterocycles. The minimum Gasteiger partial charge on any atom is -0.497 e. The number of rotatable bonds is 5. The van der Waals surface area contributed by atoms with Gasteiger partial charge in [-0.2, -0.15) is 5.10 Å². The van der Waals surface area contributed by atoms with Gasteiger partial charge in [0.1, 0.15) is 11.3 Å². The lowest BCUT2D eigenvalue weighted by Crippen LogP contribution is -2.22. The zero-order valence-corrected chi connectivity index (χ0v) is 14.5. The van der Waals surface area contributed by atoms with Crippen molar-refractivity contribution in [1.29, 1.82) is 0 Å². The highest BCUT2D eigenvalue weighted by atomic mass is 16.5. The van der Waals surface area contributed by atoms with E-state index in [0.717, 1.165) is 23.4 Å². The lowest BCUT2D eigenvalue weighted by atomic mass is 10.1. The monoisotopic (exact) mass is 345 g/mol. The predicted octanol–water partition coefficient (Wildman–Crippen LogP) is 3.41. The Morgan fingerprint density at radius 2 is 1.85 bits per heavy atom. The minimum absolute atomic E-state index is 0.0370. The molecule has 0 unspecified atom stereocenters. The summed E-state index contributed by atoms with van der Waals surface area (Å²) in [6, 6.07) is 19.7. The van der Waals surface area contributed by atoms with Crippen molar-refractivity contribution in [2.75, 3.05) is 7.11 Å². The van der Waals surface area contributed by atoms with E-state index in [0.29, 0.717) is 12.1 Å². The van der Waals surface area contributed by atoms with Crippen molar-refractivity contribution in [1.82, 2.24) is 14.2 Å². The summed E-state index contributed by atoms with van der Waals surface area (Å²) in [5, 5.41) is 4.53. The molecule has 0 bridgehead atoms. The highest BCUT2D eigenvalue weighted by Gasteiger charge is 2.10. The van der Waals surface area contributed by atoms with Crippen molar-refractivity contribution < 1.29 is 4.74 Å². The van der Waals surface area contributed by atoms with Crippen LogP contribution in [0.4, 0.5) is 0 Å². The molecule has 0 N–H and O–H groups in total. The van der Waals surface area contributed by atoms with E-state index in [4.69, 9.17) is 4.74 Å². The minimum atomic E-state index is -0.0370. The topological polar surface area (TPSA) is 48.5 Å². The van der Waals surface area contributed by atoms with E-state index in [1.807, 2.05) is 54.7 Å².